The minimum absolute atomic E-state index is 0.354. The van der Waals surface area contributed by atoms with Crippen molar-refractivity contribution in [3.8, 4) is 11.5 Å². The first kappa shape index (κ1) is 17.9. The van der Waals surface area contributed by atoms with Gasteiger partial charge in [0, 0.05) is 44.8 Å². The summed E-state index contributed by atoms with van der Waals surface area (Å²) in [5.74, 6) is 2.64. The minimum atomic E-state index is 0.354. The number of rotatable bonds is 6. The normalized spacial score (nSPS) is 23.3. The van der Waals surface area contributed by atoms with E-state index in [2.05, 4.69) is 15.2 Å². The lowest BCUT2D eigenvalue weighted by molar-refractivity contribution is 0.156. The van der Waals surface area contributed by atoms with E-state index in [9.17, 15) is 0 Å². The maximum absolute atomic E-state index is 5.78. The average molecular weight is 347 g/mol. The number of guanidine groups is 1. The van der Waals surface area contributed by atoms with Gasteiger partial charge in [-0.1, -0.05) is 6.07 Å². The number of aliphatic imine (C=N–C) groups is 1. The molecule has 0 saturated carbocycles. The zero-order valence-corrected chi connectivity index (χ0v) is 15.3. The average Bonchev–Trinajstić information content (AvgIpc) is 3.28. The van der Waals surface area contributed by atoms with Crippen molar-refractivity contribution in [1.29, 1.82) is 0 Å². The van der Waals surface area contributed by atoms with Crippen LogP contribution in [0.15, 0.2) is 29.3 Å². The zero-order valence-electron chi connectivity index (χ0n) is 15.3. The van der Waals surface area contributed by atoms with Gasteiger partial charge in [0.25, 0.3) is 0 Å². The van der Waals surface area contributed by atoms with Crippen LogP contribution in [0, 0.1) is 5.41 Å². The molecule has 1 spiro atoms. The van der Waals surface area contributed by atoms with Crippen LogP contribution >= 0.6 is 0 Å². The van der Waals surface area contributed by atoms with Gasteiger partial charge in [-0.2, -0.15) is 0 Å². The lowest BCUT2D eigenvalue weighted by atomic mass is 9.87. The van der Waals surface area contributed by atoms with Gasteiger partial charge in [0.15, 0.2) is 5.96 Å². The smallest absolute Gasteiger partial charge is 0.193 e. The van der Waals surface area contributed by atoms with Crippen molar-refractivity contribution in [1.82, 2.24) is 10.2 Å². The van der Waals surface area contributed by atoms with Gasteiger partial charge < -0.3 is 24.4 Å². The molecule has 6 nitrogen and oxygen atoms in total. The standard InChI is InChI=1S/C19H29N3O3/c1-20-18(22-10-7-19(14-22)8-12-24-15-19)21-9-4-11-25-17-6-3-5-16(13-17)23-2/h3,5-6,13H,4,7-12,14-15H2,1-2H3,(H,20,21). The monoisotopic (exact) mass is 347 g/mol. The summed E-state index contributed by atoms with van der Waals surface area (Å²) in [5.41, 5.74) is 0.354. The Morgan fingerprint density at radius 3 is 3.00 bits per heavy atom. The predicted molar refractivity (Wildman–Crippen MR) is 98.5 cm³/mol. The Hall–Kier alpha value is -1.95. The molecule has 2 aliphatic heterocycles. The Morgan fingerprint density at radius 1 is 1.36 bits per heavy atom. The minimum Gasteiger partial charge on any atom is -0.497 e. The van der Waals surface area contributed by atoms with Gasteiger partial charge in [0.1, 0.15) is 11.5 Å². The van der Waals surface area contributed by atoms with Crippen molar-refractivity contribution in [2.75, 3.05) is 53.6 Å². The largest absolute Gasteiger partial charge is 0.497 e. The van der Waals surface area contributed by atoms with Crippen molar-refractivity contribution >= 4 is 5.96 Å². The maximum atomic E-state index is 5.78. The molecule has 0 aliphatic carbocycles. The van der Waals surface area contributed by atoms with E-state index in [1.54, 1.807) is 7.11 Å². The van der Waals surface area contributed by atoms with Crippen LogP contribution in [0.2, 0.25) is 0 Å². The van der Waals surface area contributed by atoms with Crippen LogP contribution in [-0.4, -0.2) is 64.5 Å². The van der Waals surface area contributed by atoms with Gasteiger partial charge >= 0.3 is 0 Å². The summed E-state index contributed by atoms with van der Waals surface area (Å²) in [7, 11) is 3.51. The molecule has 1 aromatic rings. The molecule has 2 saturated heterocycles. The van der Waals surface area contributed by atoms with Gasteiger partial charge in [-0.15, -0.1) is 0 Å². The molecule has 1 atom stereocenters. The number of ether oxygens (including phenoxy) is 3. The molecule has 0 radical (unpaired) electrons. The molecule has 6 heteroatoms. The van der Waals surface area contributed by atoms with Crippen molar-refractivity contribution < 1.29 is 14.2 Å². The molecular formula is C19H29N3O3. The summed E-state index contributed by atoms with van der Waals surface area (Å²) in [6.45, 7) is 5.41. The van der Waals surface area contributed by atoms with Crippen LogP contribution < -0.4 is 14.8 Å². The van der Waals surface area contributed by atoms with Crippen molar-refractivity contribution in [3.63, 3.8) is 0 Å². The highest BCUT2D eigenvalue weighted by Gasteiger charge is 2.42. The highest BCUT2D eigenvalue weighted by atomic mass is 16.5. The summed E-state index contributed by atoms with van der Waals surface area (Å²) < 4.78 is 16.6. The van der Waals surface area contributed by atoms with Gasteiger partial charge in [0.05, 0.1) is 20.3 Å². The van der Waals surface area contributed by atoms with E-state index >= 15 is 0 Å². The Labute approximate surface area is 150 Å². The molecule has 0 aromatic heterocycles. The maximum Gasteiger partial charge on any atom is 0.193 e. The summed E-state index contributed by atoms with van der Waals surface area (Å²) in [4.78, 5) is 6.80. The quantitative estimate of drug-likeness (QED) is 0.485. The van der Waals surface area contributed by atoms with Crippen LogP contribution in [0.3, 0.4) is 0 Å². The van der Waals surface area contributed by atoms with Gasteiger partial charge in [-0.25, -0.2) is 0 Å². The number of nitrogens with one attached hydrogen (secondary N) is 1. The third kappa shape index (κ3) is 4.57. The van der Waals surface area contributed by atoms with Crippen LogP contribution in [0.25, 0.3) is 0 Å². The predicted octanol–water partition coefficient (Wildman–Crippen LogP) is 2.15. The Bertz CT molecular complexity index is 585. The molecule has 3 rings (SSSR count). The Kier molecular flexibility index (Phi) is 6.02. The highest BCUT2D eigenvalue weighted by Crippen LogP contribution is 2.38. The second-order valence-corrected chi connectivity index (χ2v) is 6.83. The molecule has 138 valence electrons. The van der Waals surface area contributed by atoms with Gasteiger partial charge in [-0.05, 0) is 31.4 Å². The van der Waals surface area contributed by atoms with E-state index < -0.39 is 0 Å². The Balaban J connectivity index is 1.37. The van der Waals surface area contributed by atoms with E-state index in [1.807, 2.05) is 31.3 Å². The molecule has 0 bridgehead atoms. The second-order valence-electron chi connectivity index (χ2n) is 6.83. The van der Waals surface area contributed by atoms with Crippen LogP contribution in [-0.2, 0) is 4.74 Å². The van der Waals surface area contributed by atoms with Gasteiger partial charge in [0.2, 0.25) is 0 Å². The van der Waals surface area contributed by atoms with E-state index in [-0.39, 0.29) is 0 Å². The molecule has 2 fully saturated rings. The number of hydrogen-bond acceptors (Lipinski definition) is 4. The first-order valence-electron chi connectivity index (χ1n) is 9.05. The lowest BCUT2D eigenvalue weighted by Gasteiger charge is -2.24. The number of benzene rings is 1. The fourth-order valence-electron chi connectivity index (χ4n) is 3.57. The number of nitrogens with zero attached hydrogens (tertiary/aromatic N) is 2. The second kappa shape index (κ2) is 8.43. The van der Waals surface area contributed by atoms with Crippen molar-refractivity contribution in [2.45, 2.75) is 19.3 Å². The number of methoxy groups -OCH3 is 1. The molecule has 1 N–H and O–H groups in total. The van der Waals surface area contributed by atoms with Crippen molar-refractivity contribution in [3.05, 3.63) is 24.3 Å². The summed E-state index contributed by atoms with van der Waals surface area (Å²) in [5, 5.41) is 3.46. The number of hydrogen-bond donors (Lipinski definition) is 1. The zero-order chi connectivity index (χ0) is 17.5. The van der Waals surface area contributed by atoms with Crippen LogP contribution in [0.4, 0.5) is 0 Å². The van der Waals surface area contributed by atoms with Crippen molar-refractivity contribution in [2.24, 2.45) is 10.4 Å². The van der Waals surface area contributed by atoms with E-state index in [4.69, 9.17) is 14.2 Å². The third-order valence-electron chi connectivity index (χ3n) is 5.05. The van der Waals surface area contributed by atoms with E-state index in [1.165, 1.54) is 12.8 Å². The summed E-state index contributed by atoms with van der Waals surface area (Å²) in [6.07, 6.45) is 3.29. The van der Waals surface area contributed by atoms with Crippen LogP contribution in [0.1, 0.15) is 19.3 Å². The van der Waals surface area contributed by atoms with Gasteiger partial charge in [-0.3, -0.25) is 4.99 Å². The Morgan fingerprint density at radius 2 is 2.24 bits per heavy atom. The molecular weight excluding hydrogens is 318 g/mol. The first-order valence-corrected chi connectivity index (χ1v) is 9.05. The summed E-state index contributed by atoms with van der Waals surface area (Å²) >= 11 is 0. The van der Waals surface area contributed by atoms with E-state index in [0.717, 1.165) is 56.7 Å². The molecule has 2 heterocycles. The fraction of sp³-hybridized carbons (Fsp3) is 0.632. The molecule has 1 unspecified atom stereocenters. The lowest BCUT2D eigenvalue weighted by Crippen LogP contribution is -2.42. The molecule has 2 aliphatic rings. The SMILES string of the molecule is CN=C(NCCCOc1cccc(OC)c1)N1CCC2(CCOC2)C1. The first-order chi connectivity index (χ1) is 12.2. The van der Waals surface area contributed by atoms with Crippen LogP contribution in [0.5, 0.6) is 11.5 Å². The molecule has 0 amide bonds. The molecule has 1 aromatic carbocycles. The third-order valence-corrected chi connectivity index (χ3v) is 5.05. The summed E-state index contributed by atoms with van der Waals surface area (Å²) in [6, 6.07) is 7.70. The number of likely N-dealkylation sites (tertiary alicyclic amines) is 1. The topological polar surface area (TPSA) is 55.3 Å². The van der Waals surface area contributed by atoms with E-state index in [0.29, 0.717) is 12.0 Å². The molecule has 25 heavy (non-hydrogen) atoms. The fourth-order valence-corrected chi connectivity index (χ4v) is 3.57. The highest BCUT2D eigenvalue weighted by molar-refractivity contribution is 5.80.